The minimum absolute atomic E-state index is 0.0113. The second-order valence-corrected chi connectivity index (χ2v) is 13.6. The molecule has 0 N–H and O–H groups in total. The van der Waals surface area contributed by atoms with Crippen molar-refractivity contribution in [2.75, 3.05) is 33.3 Å². The van der Waals surface area contributed by atoms with Crippen molar-refractivity contribution in [3.63, 3.8) is 0 Å². The number of piperidine rings is 1. The molecule has 3 aliphatic rings. The van der Waals surface area contributed by atoms with Crippen molar-refractivity contribution < 1.29 is 19.1 Å². The second kappa shape index (κ2) is 12.4. The number of carbonyl (C=O) groups is 2. The van der Waals surface area contributed by atoms with Crippen molar-refractivity contribution in [2.24, 2.45) is 17.8 Å². The molecule has 3 aromatic rings. The predicted octanol–water partition coefficient (Wildman–Crippen LogP) is 6.71. The van der Waals surface area contributed by atoms with Crippen LogP contribution in [0.5, 0.6) is 5.75 Å². The Morgan fingerprint density at radius 2 is 1.81 bits per heavy atom. The smallest absolute Gasteiger partial charge is 0.308 e. The van der Waals surface area contributed by atoms with Crippen LogP contribution in [0.15, 0.2) is 66.7 Å². The highest BCUT2D eigenvalue weighted by atomic mass is 16.5. The van der Waals surface area contributed by atoms with E-state index in [1.807, 2.05) is 43.5 Å². The van der Waals surface area contributed by atoms with E-state index in [-0.39, 0.29) is 35.4 Å². The molecule has 0 aromatic heterocycles. The summed E-state index contributed by atoms with van der Waals surface area (Å²) in [4.78, 5) is 31.1. The molecular formula is C37H46N2O4. The van der Waals surface area contributed by atoms with Crippen molar-refractivity contribution >= 4 is 22.6 Å². The zero-order chi connectivity index (χ0) is 30.1. The molecule has 6 heteroatoms. The summed E-state index contributed by atoms with van der Waals surface area (Å²) in [5, 5.41) is 2.22. The lowest BCUT2D eigenvalue weighted by atomic mass is 9.56. The van der Waals surface area contributed by atoms with E-state index < -0.39 is 0 Å². The van der Waals surface area contributed by atoms with Gasteiger partial charge in [0, 0.05) is 56.6 Å². The number of nitrogens with zero attached hydrogens (tertiary/aromatic N) is 2. The number of amides is 1. The fourth-order valence-corrected chi connectivity index (χ4v) is 7.87. The van der Waals surface area contributed by atoms with Crippen molar-refractivity contribution in [1.29, 1.82) is 0 Å². The van der Waals surface area contributed by atoms with Crippen LogP contribution in [-0.2, 0) is 14.9 Å². The molecule has 4 atom stereocenters. The van der Waals surface area contributed by atoms with Gasteiger partial charge in [0.05, 0.1) is 6.10 Å². The van der Waals surface area contributed by atoms with Gasteiger partial charge >= 0.3 is 5.97 Å². The lowest BCUT2D eigenvalue weighted by Gasteiger charge is -2.57. The topological polar surface area (TPSA) is 59.1 Å². The van der Waals surface area contributed by atoms with Gasteiger partial charge in [-0.3, -0.25) is 9.59 Å². The van der Waals surface area contributed by atoms with E-state index in [0.717, 1.165) is 54.6 Å². The van der Waals surface area contributed by atoms with Gasteiger partial charge in [-0.25, -0.2) is 0 Å². The van der Waals surface area contributed by atoms with Gasteiger partial charge in [0.15, 0.2) is 0 Å². The van der Waals surface area contributed by atoms with Crippen molar-refractivity contribution in [3.05, 3.63) is 77.9 Å². The van der Waals surface area contributed by atoms with E-state index in [1.165, 1.54) is 31.9 Å². The first-order chi connectivity index (χ1) is 20.8. The Morgan fingerprint density at radius 3 is 2.53 bits per heavy atom. The maximum atomic E-state index is 14.4. The van der Waals surface area contributed by atoms with Gasteiger partial charge in [0.2, 0.25) is 0 Å². The highest BCUT2D eigenvalue weighted by Gasteiger charge is 2.54. The Labute approximate surface area is 256 Å². The van der Waals surface area contributed by atoms with Crippen molar-refractivity contribution in [2.45, 2.75) is 70.4 Å². The maximum Gasteiger partial charge on any atom is 0.308 e. The zero-order valence-corrected chi connectivity index (χ0v) is 26.1. The fourth-order valence-electron chi connectivity index (χ4n) is 7.87. The highest BCUT2D eigenvalue weighted by Crippen LogP contribution is 2.52. The van der Waals surface area contributed by atoms with E-state index in [9.17, 15) is 9.59 Å². The summed E-state index contributed by atoms with van der Waals surface area (Å²) in [7, 11) is 1.84. The number of esters is 1. The van der Waals surface area contributed by atoms with Crippen LogP contribution in [0.4, 0.5) is 0 Å². The number of hydrogen-bond donors (Lipinski definition) is 0. The molecule has 6 nitrogen and oxygen atoms in total. The second-order valence-electron chi connectivity index (χ2n) is 13.6. The molecule has 1 heterocycles. The SMILES string of the molecule is COC1C[C@@H](N(CC(C)C)C(=O)c2ccc3ccccc3c2)C[C@]2(c3cccc(OC(C)=O)c3)CCN(CC3CC3)C[C@@H]12. The third kappa shape index (κ3) is 6.37. The summed E-state index contributed by atoms with van der Waals surface area (Å²) in [5.41, 5.74) is 1.73. The zero-order valence-electron chi connectivity index (χ0n) is 26.1. The summed E-state index contributed by atoms with van der Waals surface area (Å²) in [6.07, 6.45) is 5.36. The molecule has 1 unspecified atom stereocenters. The first-order valence-corrected chi connectivity index (χ1v) is 16.1. The van der Waals surface area contributed by atoms with Crippen LogP contribution in [0.3, 0.4) is 0 Å². The average molecular weight is 583 g/mol. The summed E-state index contributed by atoms with van der Waals surface area (Å²) in [5.74, 6) is 1.80. The number of fused-ring (bicyclic) bond motifs is 2. The highest BCUT2D eigenvalue weighted by molar-refractivity contribution is 5.98. The first kappa shape index (κ1) is 29.8. The quantitative estimate of drug-likeness (QED) is 0.207. The Bertz CT molecular complexity index is 1470. The normalized spacial score (nSPS) is 25.8. The first-order valence-electron chi connectivity index (χ1n) is 16.1. The van der Waals surface area contributed by atoms with Gasteiger partial charge < -0.3 is 19.3 Å². The third-order valence-corrected chi connectivity index (χ3v) is 10.0. The van der Waals surface area contributed by atoms with E-state index >= 15 is 0 Å². The van der Waals surface area contributed by atoms with Crippen LogP contribution in [0, 0.1) is 17.8 Å². The van der Waals surface area contributed by atoms with Crippen LogP contribution in [-0.4, -0.2) is 67.1 Å². The third-order valence-electron chi connectivity index (χ3n) is 10.0. The van der Waals surface area contributed by atoms with Crippen molar-refractivity contribution in [1.82, 2.24) is 9.80 Å². The predicted molar refractivity (Wildman–Crippen MR) is 170 cm³/mol. The van der Waals surface area contributed by atoms with Crippen LogP contribution < -0.4 is 4.74 Å². The number of likely N-dealkylation sites (tertiary alicyclic amines) is 1. The molecule has 1 amide bonds. The Kier molecular flexibility index (Phi) is 8.61. The number of benzene rings is 3. The van der Waals surface area contributed by atoms with E-state index in [1.54, 1.807) is 0 Å². The van der Waals surface area contributed by atoms with Gasteiger partial charge in [-0.05, 0) is 91.1 Å². The Morgan fingerprint density at radius 1 is 1.02 bits per heavy atom. The van der Waals surface area contributed by atoms with Crippen LogP contribution in [0.2, 0.25) is 0 Å². The molecule has 0 spiro atoms. The monoisotopic (exact) mass is 582 g/mol. The molecule has 0 radical (unpaired) electrons. The standard InChI is InChI=1S/C37H46N2O4/c1-25(2)22-39(36(41)30-15-14-28-8-5-6-9-29(28)18-30)32-20-35(42-4)34-24-38(23-27-12-13-27)17-16-37(34,21-32)31-10-7-11-33(19-31)43-26(3)40/h5-11,14-15,18-19,25,27,32,34-35H,12-13,16-17,20-24H2,1-4H3/t32-,34+,35?,37+/m1/s1. The van der Waals surface area contributed by atoms with E-state index in [4.69, 9.17) is 9.47 Å². The lowest BCUT2D eigenvalue weighted by Crippen LogP contribution is -2.62. The summed E-state index contributed by atoms with van der Waals surface area (Å²) in [6.45, 7) is 9.70. The van der Waals surface area contributed by atoms with Crippen LogP contribution in [0.1, 0.15) is 68.8 Å². The molecule has 3 aromatic carbocycles. The largest absolute Gasteiger partial charge is 0.427 e. The summed E-state index contributed by atoms with van der Waals surface area (Å²) >= 11 is 0. The Hall–Kier alpha value is -3.22. The number of rotatable bonds is 9. The number of methoxy groups -OCH3 is 1. The van der Waals surface area contributed by atoms with E-state index in [2.05, 4.69) is 54.0 Å². The minimum atomic E-state index is -0.314. The number of ether oxygens (including phenoxy) is 2. The molecule has 6 rings (SSSR count). The van der Waals surface area contributed by atoms with E-state index in [0.29, 0.717) is 18.2 Å². The van der Waals surface area contributed by atoms with Gasteiger partial charge in [0.1, 0.15) is 5.75 Å². The molecule has 2 saturated carbocycles. The Balaban J connectivity index is 1.38. The van der Waals surface area contributed by atoms with Crippen molar-refractivity contribution in [3.8, 4) is 5.75 Å². The molecule has 1 saturated heterocycles. The van der Waals surface area contributed by atoms with Crippen LogP contribution >= 0.6 is 0 Å². The maximum absolute atomic E-state index is 14.4. The molecule has 2 aliphatic carbocycles. The van der Waals surface area contributed by atoms with Gasteiger partial charge in [-0.15, -0.1) is 0 Å². The number of hydrogen-bond acceptors (Lipinski definition) is 5. The van der Waals surface area contributed by atoms with Crippen LogP contribution in [0.25, 0.3) is 10.8 Å². The molecule has 0 bridgehead atoms. The van der Waals surface area contributed by atoms with Gasteiger partial charge in [0.25, 0.3) is 5.91 Å². The number of carbonyl (C=O) groups excluding carboxylic acids is 2. The summed E-state index contributed by atoms with van der Waals surface area (Å²) < 4.78 is 11.9. The summed E-state index contributed by atoms with van der Waals surface area (Å²) in [6, 6.07) is 22.5. The van der Waals surface area contributed by atoms with Gasteiger partial charge in [-0.1, -0.05) is 56.3 Å². The fraction of sp³-hybridized carbons (Fsp3) is 0.514. The molecule has 3 fully saturated rings. The molecule has 228 valence electrons. The molecule has 1 aliphatic heterocycles. The average Bonchev–Trinajstić information content (AvgIpc) is 3.82. The lowest BCUT2D eigenvalue weighted by molar-refractivity contribution is -0.131. The minimum Gasteiger partial charge on any atom is -0.427 e. The van der Waals surface area contributed by atoms with Gasteiger partial charge in [-0.2, -0.15) is 0 Å². The molecule has 43 heavy (non-hydrogen) atoms. The molecular weight excluding hydrogens is 536 g/mol.